The van der Waals surface area contributed by atoms with Gasteiger partial charge in [-0.2, -0.15) is 0 Å². The summed E-state index contributed by atoms with van der Waals surface area (Å²) in [6.45, 7) is 4.02. The van der Waals surface area contributed by atoms with Crippen molar-refractivity contribution < 1.29 is 17.6 Å². The van der Waals surface area contributed by atoms with E-state index < -0.39 is 15.8 Å². The first kappa shape index (κ1) is 19.9. The number of carbonyl (C=O) groups excluding carboxylic acids is 1. The summed E-state index contributed by atoms with van der Waals surface area (Å²) in [6, 6.07) is 11.6. The number of rotatable bonds is 7. The Bertz CT molecular complexity index is 897. The van der Waals surface area contributed by atoms with E-state index in [-0.39, 0.29) is 25.4 Å². The average molecular weight is 378 g/mol. The second-order valence-corrected chi connectivity index (χ2v) is 8.15. The van der Waals surface area contributed by atoms with Crippen molar-refractivity contribution in [1.29, 1.82) is 0 Å². The summed E-state index contributed by atoms with van der Waals surface area (Å²) in [7, 11) is -3.49. The number of nitrogens with zero attached hydrogens (tertiary/aromatic N) is 1. The third-order valence-electron chi connectivity index (χ3n) is 3.97. The lowest BCUT2D eigenvalue weighted by Crippen LogP contribution is -2.39. The van der Waals surface area contributed by atoms with Gasteiger partial charge in [-0.05, 0) is 37.1 Å². The lowest BCUT2D eigenvalue weighted by atomic mass is 10.1. The molecule has 0 aromatic heterocycles. The predicted molar refractivity (Wildman–Crippen MR) is 101 cm³/mol. The van der Waals surface area contributed by atoms with E-state index >= 15 is 0 Å². The third-order valence-corrected chi connectivity index (χ3v) is 5.15. The van der Waals surface area contributed by atoms with Crippen LogP contribution in [-0.2, 0) is 21.2 Å². The zero-order valence-corrected chi connectivity index (χ0v) is 15.9. The highest BCUT2D eigenvalue weighted by atomic mass is 32.2. The summed E-state index contributed by atoms with van der Waals surface area (Å²) >= 11 is 0. The Morgan fingerprint density at radius 2 is 1.85 bits per heavy atom. The zero-order valence-electron chi connectivity index (χ0n) is 15.1. The molecule has 0 heterocycles. The SMILES string of the molecule is Cc1ccc(N(CCNC(=O)Cc2ccccc2F)S(C)(=O)=O)c(C)c1. The van der Waals surface area contributed by atoms with Crippen LogP contribution in [0.4, 0.5) is 10.1 Å². The Balaban J connectivity index is 2.02. The summed E-state index contributed by atoms with van der Waals surface area (Å²) in [4.78, 5) is 12.0. The van der Waals surface area contributed by atoms with Crippen molar-refractivity contribution in [2.75, 3.05) is 23.7 Å². The van der Waals surface area contributed by atoms with Crippen molar-refractivity contribution in [3.63, 3.8) is 0 Å². The molecule has 1 N–H and O–H groups in total. The second kappa shape index (κ2) is 8.31. The molecular formula is C19H23FN2O3S. The second-order valence-electron chi connectivity index (χ2n) is 6.24. The maximum atomic E-state index is 13.6. The molecule has 0 fully saturated rings. The molecule has 2 rings (SSSR count). The minimum atomic E-state index is -3.49. The number of aryl methyl sites for hydroxylation is 2. The molecule has 0 radical (unpaired) electrons. The van der Waals surface area contributed by atoms with Crippen molar-refractivity contribution >= 4 is 21.6 Å². The van der Waals surface area contributed by atoms with Crippen LogP contribution in [0.3, 0.4) is 0 Å². The van der Waals surface area contributed by atoms with Gasteiger partial charge in [-0.15, -0.1) is 0 Å². The first-order valence-corrected chi connectivity index (χ1v) is 10.1. The van der Waals surface area contributed by atoms with Gasteiger partial charge in [-0.1, -0.05) is 35.9 Å². The van der Waals surface area contributed by atoms with Crippen molar-refractivity contribution in [3.8, 4) is 0 Å². The Hall–Kier alpha value is -2.41. The summed E-state index contributed by atoms with van der Waals surface area (Å²) in [5, 5.41) is 2.65. The van der Waals surface area contributed by atoms with E-state index in [1.54, 1.807) is 24.3 Å². The maximum absolute atomic E-state index is 13.6. The van der Waals surface area contributed by atoms with Gasteiger partial charge in [-0.3, -0.25) is 9.10 Å². The maximum Gasteiger partial charge on any atom is 0.232 e. The van der Waals surface area contributed by atoms with E-state index in [0.29, 0.717) is 11.3 Å². The fraction of sp³-hybridized carbons (Fsp3) is 0.316. The molecular weight excluding hydrogens is 355 g/mol. The molecule has 1 amide bonds. The molecule has 140 valence electrons. The first-order valence-electron chi connectivity index (χ1n) is 8.23. The molecule has 0 saturated heterocycles. The number of nitrogens with one attached hydrogen (secondary N) is 1. The summed E-state index contributed by atoms with van der Waals surface area (Å²) < 4.78 is 39.1. The predicted octanol–water partition coefficient (Wildman–Crippen LogP) is 2.57. The van der Waals surface area contributed by atoms with Gasteiger partial charge in [0.05, 0.1) is 24.9 Å². The van der Waals surface area contributed by atoms with Crippen molar-refractivity contribution in [1.82, 2.24) is 5.32 Å². The minimum absolute atomic E-state index is 0.0882. The summed E-state index contributed by atoms with van der Waals surface area (Å²) in [5.74, 6) is -0.792. The number of halogens is 1. The molecule has 2 aromatic rings. The van der Waals surface area contributed by atoms with Crippen LogP contribution < -0.4 is 9.62 Å². The van der Waals surface area contributed by atoms with Gasteiger partial charge >= 0.3 is 0 Å². The van der Waals surface area contributed by atoms with E-state index in [1.165, 1.54) is 10.4 Å². The Kier molecular flexibility index (Phi) is 6.37. The molecule has 0 aliphatic carbocycles. The Morgan fingerprint density at radius 3 is 2.46 bits per heavy atom. The number of anilines is 1. The molecule has 7 heteroatoms. The third kappa shape index (κ3) is 5.29. The standard InChI is InChI=1S/C19H23FN2O3S/c1-14-8-9-18(15(2)12-14)22(26(3,24)25)11-10-21-19(23)13-16-6-4-5-7-17(16)20/h4-9,12H,10-11,13H2,1-3H3,(H,21,23). The fourth-order valence-corrected chi connectivity index (χ4v) is 3.71. The Labute approximate surface area is 153 Å². The van der Waals surface area contributed by atoms with Gasteiger partial charge in [-0.25, -0.2) is 12.8 Å². The molecule has 0 aliphatic rings. The van der Waals surface area contributed by atoms with Crippen molar-refractivity contribution in [3.05, 3.63) is 65.0 Å². The lowest BCUT2D eigenvalue weighted by Gasteiger charge is -2.24. The van der Waals surface area contributed by atoms with E-state index in [9.17, 15) is 17.6 Å². The van der Waals surface area contributed by atoms with Crippen molar-refractivity contribution in [2.24, 2.45) is 0 Å². The number of carbonyl (C=O) groups is 1. The highest BCUT2D eigenvalue weighted by Gasteiger charge is 2.19. The van der Waals surface area contributed by atoms with Crippen LogP contribution in [0.2, 0.25) is 0 Å². The zero-order chi connectivity index (χ0) is 19.3. The lowest BCUT2D eigenvalue weighted by molar-refractivity contribution is -0.120. The number of hydrogen-bond donors (Lipinski definition) is 1. The average Bonchev–Trinajstić information content (AvgIpc) is 2.54. The van der Waals surface area contributed by atoms with Gasteiger partial charge in [0, 0.05) is 6.54 Å². The molecule has 0 unspecified atom stereocenters. The first-order chi connectivity index (χ1) is 12.2. The van der Waals surface area contributed by atoms with Crippen LogP contribution in [0.15, 0.2) is 42.5 Å². The van der Waals surface area contributed by atoms with Crippen molar-refractivity contribution in [2.45, 2.75) is 20.3 Å². The summed E-state index contributed by atoms with van der Waals surface area (Å²) in [6.07, 6.45) is 1.04. The monoisotopic (exact) mass is 378 g/mol. The molecule has 26 heavy (non-hydrogen) atoms. The summed E-state index contributed by atoms with van der Waals surface area (Å²) in [5.41, 5.74) is 2.77. The minimum Gasteiger partial charge on any atom is -0.354 e. The number of benzene rings is 2. The number of sulfonamides is 1. The van der Waals surface area contributed by atoms with Crippen LogP contribution in [0, 0.1) is 19.7 Å². The van der Waals surface area contributed by atoms with Gasteiger partial charge in [0.25, 0.3) is 0 Å². The quantitative estimate of drug-likeness (QED) is 0.805. The van der Waals surface area contributed by atoms with E-state index in [4.69, 9.17) is 0 Å². The topological polar surface area (TPSA) is 66.5 Å². The van der Waals surface area contributed by atoms with E-state index in [0.717, 1.165) is 17.4 Å². The van der Waals surface area contributed by atoms with Crippen LogP contribution in [0.25, 0.3) is 0 Å². The number of amides is 1. The number of hydrogen-bond acceptors (Lipinski definition) is 3. The van der Waals surface area contributed by atoms with Gasteiger partial charge in [0.15, 0.2) is 0 Å². The molecule has 0 bridgehead atoms. The largest absolute Gasteiger partial charge is 0.354 e. The normalized spacial score (nSPS) is 11.2. The smallest absolute Gasteiger partial charge is 0.232 e. The van der Waals surface area contributed by atoms with E-state index in [1.807, 2.05) is 26.0 Å². The molecule has 0 saturated carbocycles. The van der Waals surface area contributed by atoms with Crippen LogP contribution in [0.1, 0.15) is 16.7 Å². The Morgan fingerprint density at radius 1 is 1.15 bits per heavy atom. The van der Waals surface area contributed by atoms with E-state index in [2.05, 4.69) is 5.32 Å². The molecule has 0 spiro atoms. The van der Waals surface area contributed by atoms with Crippen LogP contribution in [0.5, 0.6) is 0 Å². The molecule has 0 aliphatic heterocycles. The van der Waals surface area contributed by atoms with Gasteiger partial charge in [0.2, 0.25) is 15.9 Å². The van der Waals surface area contributed by atoms with Crippen LogP contribution >= 0.6 is 0 Å². The highest BCUT2D eigenvalue weighted by Crippen LogP contribution is 2.23. The van der Waals surface area contributed by atoms with Crippen LogP contribution in [-0.4, -0.2) is 33.7 Å². The molecule has 5 nitrogen and oxygen atoms in total. The highest BCUT2D eigenvalue weighted by molar-refractivity contribution is 7.92. The fourth-order valence-electron chi connectivity index (χ4n) is 2.72. The molecule has 0 atom stereocenters. The van der Waals surface area contributed by atoms with Gasteiger partial charge in [0.1, 0.15) is 5.82 Å². The molecule has 2 aromatic carbocycles. The van der Waals surface area contributed by atoms with Gasteiger partial charge < -0.3 is 5.32 Å².